The molecule has 10 heteroatoms. The van der Waals surface area contributed by atoms with E-state index in [1.54, 1.807) is 0 Å². The Morgan fingerprint density at radius 1 is 1.06 bits per heavy atom. The summed E-state index contributed by atoms with van der Waals surface area (Å²) in [5, 5.41) is 21.1. The number of hydrogen-bond donors (Lipinski definition) is 3. The monoisotopic (exact) mass is 464 g/mol. The maximum atomic E-state index is 12.6. The van der Waals surface area contributed by atoms with Gasteiger partial charge in [0.05, 0.1) is 6.42 Å². The Bertz CT molecular complexity index is 1160. The van der Waals surface area contributed by atoms with Crippen LogP contribution in [0.1, 0.15) is 53.7 Å². The average molecular weight is 464 g/mol. The van der Waals surface area contributed by atoms with Gasteiger partial charge in [-0.05, 0) is 39.0 Å². The molecule has 2 aromatic carbocycles. The van der Waals surface area contributed by atoms with Crippen molar-refractivity contribution in [3.05, 3.63) is 65.4 Å². The van der Waals surface area contributed by atoms with Gasteiger partial charge >= 0.3 is 12.1 Å². The molecule has 1 aliphatic carbocycles. The number of amides is 2. The highest BCUT2D eigenvalue weighted by molar-refractivity contribution is 5.99. The van der Waals surface area contributed by atoms with E-state index in [1.165, 1.54) is 0 Å². The van der Waals surface area contributed by atoms with Gasteiger partial charge in [0, 0.05) is 12.0 Å². The molecule has 2 amide bonds. The number of carbonyl (C=O) groups is 3. The summed E-state index contributed by atoms with van der Waals surface area (Å²) >= 11 is 0. The van der Waals surface area contributed by atoms with Gasteiger partial charge in [-0.1, -0.05) is 61.9 Å². The molecule has 0 bridgehead atoms. The van der Waals surface area contributed by atoms with Crippen molar-refractivity contribution < 1.29 is 28.9 Å². The van der Waals surface area contributed by atoms with Crippen LogP contribution in [0.3, 0.4) is 0 Å². The van der Waals surface area contributed by atoms with Crippen molar-refractivity contribution in [3.63, 3.8) is 0 Å². The number of anilines is 1. The molecule has 10 nitrogen and oxygen atoms in total. The third kappa shape index (κ3) is 4.90. The van der Waals surface area contributed by atoms with Crippen LogP contribution in [0.5, 0.6) is 0 Å². The SMILES string of the molecule is CCCC(CC(=O)O)NC(=O)c1nonc1NC(=O)OCC1c2ccccc2-c2ccccc21. The first-order valence-electron chi connectivity index (χ1n) is 10.9. The van der Waals surface area contributed by atoms with E-state index in [0.717, 1.165) is 22.3 Å². The quantitative estimate of drug-likeness (QED) is 0.434. The average Bonchev–Trinajstić information content (AvgIpc) is 3.40. The van der Waals surface area contributed by atoms with Crippen molar-refractivity contribution in [1.29, 1.82) is 0 Å². The predicted molar refractivity (Wildman–Crippen MR) is 121 cm³/mol. The molecule has 0 fully saturated rings. The molecule has 1 atom stereocenters. The molecule has 0 spiro atoms. The highest BCUT2D eigenvalue weighted by Gasteiger charge is 2.30. The summed E-state index contributed by atoms with van der Waals surface area (Å²) in [6, 6.07) is 15.3. The Morgan fingerprint density at radius 3 is 2.32 bits per heavy atom. The first-order chi connectivity index (χ1) is 16.5. The van der Waals surface area contributed by atoms with Gasteiger partial charge < -0.3 is 15.2 Å². The first kappa shape index (κ1) is 23.0. The number of nitrogens with zero attached hydrogens (tertiary/aromatic N) is 2. The molecule has 1 aromatic heterocycles. The van der Waals surface area contributed by atoms with Crippen molar-refractivity contribution in [2.75, 3.05) is 11.9 Å². The summed E-state index contributed by atoms with van der Waals surface area (Å²) in [7, 11) is 0. The third-order valence-electron chi connectivity index (χ3n) is 5.66. The molecule has 0 saturated heterocycles. The van der Waals surface area contributed by atoms with Crippen LogP contribution in [0, 0.1) is 0 Å². The lowest BCUT2D eigenvalue weighted by Crippen LogP contribution is -2.37. The number of rotatable bonds is 9. The van der Waals surface area contributed by atoms with E-state index in [4.69, 9.17) is 9.84 Å². The zero-order chi connectivity index (χ0) is 24.1. The second-order valence-electron chi connectivity index (χ2n) is 7.97. The van der Waals surface area contributed by atoms with E-state index in [-0.39, 0.29) is 30.5 Å². The Morgan fingerprint density at radius 2 is 1.71 bits per heavy atom. The summed E-state index contributed by atoms with van der Waals surface area (Å²) in [6.07, 6.45) is 0.0979. The summed E-state index contributed by atoms with van der Waals surface area (Å²) in [5.41, 5.74) is 4.09. The van der Waals surface area contributed by atoms with Gasteiger partial charge in [-0.3, -0.25) is 14.9 Å². The fraction of sp³-hybridized carbons (Fsp3) is 0.292. The van der Waals surface area contributed by atoms with Crippen molar-refractivity contribution in [2.45, 2.75) is 38.1 Å². The van der Waals surface area contributed by atoms with Gasteiger partial charge in [0.2, 0.25) is 11.5 Å². The van der Waals surface area contributed by atoms with E-state index in [0.29, 0.717) is 12.8 Å². The number of fused-ring (bicyclic) bond motifs is 3. The van der Waals surface area contributed by atoms with Crippen molar-refractivity contribution in [2.24, 2.45) is 0 Å². The van der Waals surface area contributed by atoms with Crippen molar-refractivity contribution >= 4 is 23.8 Å². The maximum absolute atomic E-state index is 12.6. The molecule has 1 heterocycles. The predicted octanol–water partition coefficient (Wildman–Crippen LogP) is 3.80. The molecule has 4 rings (SSSR count). The van der Waals surface area contributed by atoms with Crippen LogP contribution in [0.2, 0.25) is 0 Å². The topological polar surface area (TPSA) is 144 Å². The number of carboxylic acid groups (broad SMARTS) is 1. The fourth-order valence-corrected chi connectivity index (χ4v) is 4.19. The number of hydrogen-bond acceptors (Lipinski definition) is 7. The van der Waals surface area contributed by atoms with Crippen molar-refractivity contribution in [1.82, 2.24) is 15.6 Å². The van der Waals surface area contributed by atoms with Gasteiger partial charge in [-0.2, -0.15) is 0 Å². The zero-order valence-electron chi connectivity index (χ0n) is 18.5. The lowest BCUT2D eigenvalue weighted by molar-refractivity contribution is -0.137. The molecule has 0 radical (unpaired) electrons. The molecular formula is C24H24N4O6. The number of carboxylic acids is 1. The first-order valence-corrected chi connectivity index (χ1v) is 10.9. The number of carbonyl (C=O) groups excluding carboxylic acids is 2. The molecule has 176 valence electrons. The second kappa shape index (κ2) is 10.2. The molecule has 3 aromatic rings. The van der Waals surface area contributed by atoms with Crippen LogP contribution in [-0.4, -0.2) is 46.0 Å². The molecule has 1 unspecified atom stereocenters. The Hall–Kier alpha value is -4.21. The molecule has 1 aliphatic rings. The number of nitrogens with one attached hydrogen (secondary N) is 2. The zero-order valence-corrected chi connectivity index (χ0v) is 18.5. The summed E-state index contributed by atoms with van der Waals surface area (Å²) < 4.78 is 10.1. The minimum absolute atomic E-state index is 0.0872. The summed E-state index contributed by atoms with van der Waals surface area (Å²) in [5.74, 6) is -2.06. The van der Waals surface area contributed by atoms with Gasteiger partial charge in [-0.15, -0.1) is 0 Å². The number of benzene rings is 2. The molecule has 0 aliphatic heterocycles. The van der Waals surface area contributed by atoms with Crippen LogP contribution in [-0.2, 0) is 9.53 Å². The van der Waals surface area contributed by atoms with Crippen LogP contribution >= 0.6 is 0 Å². The highest BCUT2D eigenvalue weighted by atomic mass is 16.6. The van der Waals surface area contributed by atoms with Crippen LogP contribution < -0.4 is 10.6 Å². The van der Waals surface area contributed by atoms with Crippen LogP contribution in [0.15, 0.2) is 53.2 Å². The van der Waals surface area contributed by atoms with Gasteiger partial charge in [0.15, 0.2) is 0 Å². The lowest BCUT2D eigenvalue weighted by atomic mass is 9.98. The van der Waals surface area contributed by atoms with E-state index in [2.05, 4.69) is 25.6 Å². The largest absolute Gasteiger partial charge is 0.481 e. The normalized spacial score (nSPS) is 13.0. The molecule has 34 heavy (non-hydrogen) atoms. The Balaban J connectivity index is 1.40. The number of aliphatic carboxylic acids is 1. The van der Waals surface area contributed by atoms with E-state index in [1.807, 2.05) is 55.5 Å². The van der Waals surface area contributed by atoms with E-state index in [9.17, 15) is 14.4 Å². The molecule has 3 N–H and O–H groups in total. The third-order valence-corrected chi connectivity index (χ3v) is 5.66. The standard InChI is InChI=1S/C24H24N4O6/c1-2-7-14(12-20(29)30)25-23(31)21-22(28-34-27-21)26-24(32)33-13-19-17-10-5-3-8-15(17)16-9-4-6-11-18(16)19/h3-6,8-11,14,19H,2,7,12-13H2,1H3,(H,25,31)(H,29,30)(H,26,28,32). The minimum Gasteiger partial charge on any atom is -0.481 e. The summed E-state index contributed by atoms with van der Waals surface area (Å²) in [6.45, 7) is 1.96. The molecule has 0 saturated carbocycles. The number of ether oxygens (including phenoxy) is 1. The van der Waals surface area contributed by atoms with Crippen molar-refractivity contribution in [3.8, 4) is 11.1 Å². The fourth-order valence-electron chi connectivity index (χ4n) is 4.19. The van der Waals surface area contributed by atoms with E-state index < -0.39 is 24.0 Å². The van der Waals surface area contributed by atoms with Crippen LogP contribution in [0.4, 0.5) is 10.6 Å². The smallest absolute Gasteiger partial charge is 0.412 e. The Labute approximate surface area is 195 Å². The van der Waals surface area contributed by atoms with Gasteiger partial charge in [0.25, 0.3) is 5.91 Å². The second-order valence-corrected chi connectivity index (χ2v) is 7.97. The lowest BCUT2D eigenvalue weighted by Gasteiger charge is -2.15. The number of aromatic nitrogens is 2. The minimum atomic E-state index is -1.03. The van der Waals surface area contributed by atoms with E-state index >= 15 is 0 Å². The van der Waals surface area contributed by atoms with Gasteiger partial charge in [0.1, 0.15) is 6.61 Å². The van der Waals surface area contributed by atoms with Gasteiger partial charge in [-0.25, -0.2) is 9.42 Å². The Kier molecular flexibility index (Phi) is 6.86. The van der Waals surface area contributed by atoms with Crippen LogP contribution in [0.25, 0.3) is 11.1 Å². The highest BCUT2D eigenvalue weighted by Crippen LogP contribution is 2.44. The summed E-state index contributed by atoms with van der Waals surface area (Å²) in [4.78, 5) is 36.1. The molecular weight excluding hydrogens is 440 g/mol. The maximum Gasteiger partial charge on any atom is 0.412 e.